The smallest absolute Gasteiger partial charge is 0.328 e. The molecule has 0 saturated heterocycles. The van der Waals surface area contributed by atoms with Crippen LogP contribution in [0.4, 0.5) is 4.79 Å². The van der Waals surface area contributed by atoms with E-state index >= 15 is 0 Å². The summed E-state index contributed by atoms with van der Waals surface area (Å²) in [4.78, 5) is 32.0. The van der Waals surface area contributed by atoms with Crippen molar-refractivity contribution < 1.29 is 19.5 Å². The number of carbonyl (C=O) groups excluding carboxylic acids is 2. The maximum absolute atomic E-state index is 11.1. The molecular weight excluding hydrogens is 200 g/mol. The Labute approximate surface area is 86.3 Å². The lowest BCUT2D eigenvalue weighted by molar-refractivity contribution is -0.131. The van der Waals surface area contributed by atoms with Gasteiger partial charge in [0.15, 0.2) is 0 Å². The van der Waals surface area contributed by atoms with Crippen LogP contribution in [0.5, 0.6) is 0 Å². The number of carboxylic acid groups (broad SMARTS) is 1. The third-order valence-electron chi connectivity index (χ3n) is 2.04. The second kappa shape index (κ2) is 4.59. The van der Waals surface area contributed by atoms with Crippen LogP contribution in [-0.2, 0) is 9.59 Å². The second-order valence-corrected chi connectivity index (χ2v) is 3.45. The van der Waals surface area contributed by atoms with Gasteiger partial charge < -0.3 is 10.4 Å². The highest BCUT2D eigenvalue weighted by molar-refractivity contribution is 6.02. The number of rotatable bonds is 3. The Bertz CT molecular complexity index is 324. The van der Waals surface area contributed by atoms with Gasteiger partial charge in [-0.1, -0.05) is 6.92 Å². The molecule has 6 nitrogen and oxygen atoms in total. The monoisotopic (exact) mass is 212 g/mol. The number of amides is 3. The van der Waals surface area contributed by atoms with Gasteiger partial charge in [-0.2, -0.15) is 0 Å². The number of carbonyl (C=O) groups is 3. The predicted molar refractivity (Wildman–Crippen MR) is 51.0 cm³/mol. The lowest BCUT2D eigenvalue weighted by Gasteiger charge is -2.02. The molecule has 3 amide bonds. The van der Waals surface area contributed by atoms with Gasteiger partial charge >= 0.3 is 12.0 Å². The molecule has 0 spiro atoms. The van der Waals surface area contributed by atoms with Gasteiger partial charge in [-0.05, 0) is 12.3 Å². The molecule has 0 heterocycles. The average molecular weight is 212 g/mol. The van der Waals surface area contributed by atoms with Crippen LogP contribution in [-0.4, -0.2) is 29.1 Å². The van der Waals surface area contributed by atoms with E-state index in [2.05, 4.69) is 5.32 Å². The van der Waals surface area contributed by atoms with Gasteiger partial charge in [0.25, 0.3) is 5.91 Å². The number of hydrogen-bond donors (Lipinski definition) is 3. The van der Waals surface area contributed by atoms with Gasteiger partial charge in [-0.25, -0.2) is 9.59 Å². The zero-order valence-electron chi connectivity index (χ0n) is 8.19. The minimum atomic E-state index is -1.23. The van der Waals surface area contributed by atoms with Crippen molar-refractivity contribution in [2.24, 2.45) is 5.92 Å². The van der Waals surface area contributed by atoms with Crippen molar-refractivity contribution >= 4 is 17.9 Å². The van der Waals surface area contributed by atoms with Gasteiger partial charge in [-0.3, -0.25) is 10.1 Å². The van der Waals surface area contributed by atoms with Crippen LogP contribution in [0, 0.1) is 5.92 Å². The van der Waals surface area contributed by atoms with E-state index in [-0.39, 0.29) is 6.04 Å². The molecule has 0 radical (unpaired) electrons. The van der Waals surface area contributed by atoms with E-state index in [0.29, 0.717) is 12.0 Å². The molecule has 1 rings (SSSR count). The van der Waals surface area contributed by atoms with Crippen molar-refractivity contribution in [2.75, 3.05) is 0 Å². The van der Waals surface area contributed by atoms with Crippen molar-refractivity contribution in [3.63, 3.8) is 0 Å². The average Bonchev–Trinajstić information content (AvgIpc) is 2.78. The van der Waals surface area contributed by atoms with Crippen LogP contribution in [0.25, 0.3) is 0 Å². The Morgan fingerprint density at radius 3 is 2.40 bits per heavy atom. The minimum Gasteiger partial charge on any atom is -0.478 e. The second-order valence-electron chi connectivity index (χ2n) is 3.45. The highest BCUT2D eigenvalue weighted by Gasteiger charge is 2.33. The fourth-order valence-electron chi connectivity index (χ4n) is 1.03. The normalized spacial score (nSPS) is 23.5. The largest absolute Gasteiger partial charge is 0.478 e. The summed E-state index contributed by atoms with van der Waals surface area (Å²) in [5.74, 6) is -1.54. The third kappa shape index (κ3) is 4.26. The summed E-state index contributed by atoms with van der Waals surface area (Å²) >= 11 is 0. The van der Waals surface area contributed by atoms with E-state index < -0.39 is 17.9 Å². The SMILES string of the molecule is CC1CC1NC(=O)NC(=O)/C=C/C(=O)O. The van der Waals surface area contributed by atoms with Gasteiger partial charge in [-0.15, -0.1) is 0 Å². The minimum absolute atomic E-state index is 0.126. The van der Waals surface area contributed by atoms with E-state index in [1.54, 1.807) is 0 Å². The van der Waals surface area contributed by atoms with Crippen molar-refractivity contribution in [2.45, 2.75) is 19.4 Å². The maximum Gasteiger partial charge on any atom is 0.328 e. The number of imide groups is 1. The van der Waals surface area contributed by atoms with Crippen molar-refractivity contribution in [3.05, 3.63) is 12.2 Å². The van der Waals surface area contributed by atoms with Crippen molar-refractivity contribution in [3.8, 4) is 0 Å². The first-order valence-electron chi connectivity index (χ1n) is 4.51. The standard InChI is InChI=1S/C9H12N2O4/c1-5-4-6(5)10-9(15)11-7(12)2-3-8(13)14/h2-3,5-6H,4H2,1H3,(H,13,14)(H2,10,11,12,15)/b3-2+. The van der Waals surface area contributed by atoms with Crippen LogP contribution < -0.4 is 10.6 Å². The first-order valence-corrected chi connectivity index (χ1v) is 4.51. The van der Waals surface area contributed by atoms with E-state index in [9.17, 15) is 14.4 Å². The fraction of sp³-hybridized carbons (Fsp3) is 0.444. The van der Waals surface area contributed by atoms with E-state index in [0.717, 1.165) is 12.5 Å². The highest BCUT2D eigenvalue weighted by Crippen LogP contribution is 2.28. The molecule has 0 bridgehead atoms. The van der Waals surface area contributed by atoms with Crippen molar-refractivity contribution in [1.82, 2.24) is 10.6 Å². The molecule has 1 saturated carbocycles. The molecule has 82 valence electrons. The Morgan fingerprint density at radius 1 is 1.33 bits per heavy atom. The molecule has 3 N–H and O–H groups in total. The van der Waals surface area contributed by atoms with Gasteiger partial charge in [0, 0.05) is 18.2 Å². The van der Waals surface area contributed by atoms with E-state index in [4.69, 9.17) is 5.11 Å². The number of aliphatic carboxylic acids is 1. The highest BCUT2D eigenvalue weighted by atomic mass is 16.4. The summed E-state index contributed by atoms with van der Waals surface area (Å²) < 4.78 is 0. The van der Waals surface area contributed by atoms with E-state index in [1.165, 1.54) is 0 Å². The van der Waals surface area contributed by atoms with Crippen LogP contribution in [0.2, 0.25) is 0 Å². The Balaban J connectivity index is 2.25. The Morgan fingerprint density at radius 2 is 1.93 bits per heavy atom. The molecule has 2 unspecified atom stereocenters. The Hall–Kier alpha value is -1.85. The zero-order chi connectivity index (χ0) is 11.4. The molecule has 0 aliphatic heterocycles. The first-order chi connectivity index (χ1) is 6.99. The molecular formula is C9H12N2O4. The quantitative estimate of drug-likeness (QED) is 0.567. The lowest BCUT2D eigenvalue weighted by Crippen LogP contribution is -2.40. The molecule has 0 aromatic heterocycles. The summed E-state index contributed by atoms with van der Waals surface area (Å²) in [7, 11) is 0. The molecule has 1 aliphatic rings. The molecule has 0 aromatic rings. The fourth-order valence-corrected chi connectivity index (χ4v) is 1.03. The lowest BCUT2D eigenvalue weighted by atomic mass is 10.4. The molecule has 15 heavy (non-hydrogen) atoms. The number of hydrogen-bond acceptors (Lipinski definition) is 3. The predicted octanol–water partition coefficient (Wildman–Crippen LogP) is -0.139. The summed E-state index contributed by atoms with van der Waals surface area (Å²) in [6, 6.07) is -0.467. The molecule has 1 aliphatic carbocycles. The summed E-state index contributed by atoms with van der Waals surface area (Å²) in [5, 5.41) is 12.8. The molecule has 6 heteroatoms. The first kappa shape index (κ1) is 11.2. The molecule has 0 aromatic carbocycles. The molecule has 1 fully saturated rings. The van der Waals surface area contributed by atoms with Crippen LogP contribution >= 0.6 is 0 Å². The van der Waals surface area contributed by atoms with Gasteiger partial charge in [0.2, 0.25) is 0 Å². The number of urea groups is 1. The molecule has 2 atom stereocenters. The van der Waals surface area contributed by atoms with E-state index in [1.807, 2.05) is 12.2 Å². The van der Waals surface area contributed by atoms with Crippen molar-refractivity contribution in [1.29, 1.82) is 0 Å². The van der Waals surface area contributed by atoms with Gasteiger partial charge in [0.05, 0.1) is 0 Å². The maximum atomic E-state index is 11.1. The summed E-state index contributed by atoms with van der Waals surface area (Å²) in [6.45, 7) is 1.98. The van der Waals surface area contributed by atoms with Crippen LogP contribution in [0.15, 0.2) is 12.2 Å². The topological polar surface area (TPSA) is 95.5 Å². The number of carboxylic acids is 1. The van der Waals surface area contributed by atoms with Crippen LogP contribution in [0.3, 0.4) is 0 Å². The zero-order valence-corrected chi connectivity index (χ0v) is 8.19. The third-order valence-corrected chi connectivity index (χ3v) is 2.04. The van der Waals surface area contributed by atoms with Gasteiger partial charge in [0.1, 0.15) is 0 Å². The summed E-state index contributed by atoms with van der Waals surface area (Å²) in [5.41, 5.74) is 0. The Kier molecular flexibility index (Phi) is 3.43. The number of nitrogens with one attached hydrogen (secondary N) is 2. The van der Waals surface area contributed by atoms with Crippen LogP contribution in [0.1, 0.15) is 13.3 Å². The summed E-state index contributed by atoms with van der Waals surface area (Å²) in [6.07, 6.45) is 2.37.